The van der Waals surface area contributed by atoms with Crippen LogP contribution in [0.5, 0.6) is 5.75 Å². The van der Waals surface area contributed by atoms with Crippen molar-refractivity contribution in [2.24, 2.45) is 0 Å². The Morgan fingerprint density at radius 3 is 2.37 bits per heavy atom. The third-order valence-corrected chi connectivity index (χ3v) is 3.37. The molecule has 0 heterocycles. The maximum Gasteiger partial charge on any atom is 0.122 e. The number of nitrogens with two attached hydrogens (primary N) is 1. The highest BCUT2D eigenvalue weighted by molar-refractivity contribution is 5.53. The van der Waals surface area contributed by atoms with Gasteiger partial charge in [0.2, 0.25) is 0 Å². The first kappa shape index (κ1) is 13.4. The minimum atomic E-state index is -0.717. The smallest absolute Gasteiger partial charge is 0.122 e. The van der Waals surface area contributed by atoms with Crippen LogP contribution in [-0.4, -0.2) is 12.2 Å². The van der Waals surface area contributed by atoms with Crippen LogP contribution in [0.2, 0.25) is 0 Å². The molecule has 1 atom stereocenters. The minimum absolute atomic E-state index is 0.600. The molecular formula is C16H19NO2. The largest absolute Gasteiger partial charge is 0.496 e. The molecule has 2 aromatic rings. The molecule has 0 aliphatic carbocycles. The molecule has 3 heteroatoms. The highest BCUT2D eigenvalue weighted by Gasteiger charge is 2.16. The number of methoxy groups -OCH3 is 1. The van der Waals surface area contributed by atoms with Crippen molar-refractivity contribution in [3.63, 3.8) is 0 Å². The van der Waals surface area contributed by atoms with Crippen molar-refractivity contribution < 1.29 is 9.84 Å². The van der Waals surface area contributed by atoms with Crippen LogP contribution >= 0.6 is 0 Å². The molecule has 1 unspecified atom stereocenters. The molecule has 0 fully saturated rings. The average Bonchev–Trinajstić information content (AvgIpc) is 2.40. The Morgan fingerprint density at radius 1 is 1.05 bits per heavy atom. The van der Waals surface area contributed by atoms with Crippen LogP contribution in [0.4, 0.5) is 5.69 Å². The van der Waals surface area contributed by atoms with E-state index < -0.39 is 6.10 Å². The summed E-state index contributed by atoms with van der Waals surface area (Å²) in [6.07, 6.45) is -0.717. The predicted molar refractivity (Wildman–Crippen MR) is 77.4 cm³/mol. The van der Waals surface area contributed by atoms with Gasteiger partial charge in [0.15, 0.2) is 0 Å². The normalized spacial score (nSPS) is 12.2. The lowest BCUT2D eigenvalue weighted by Gasteiger charge is -2.18. The third kappa shape index (κ3) is 2.56. The van der Waals surface area contributed by atoms with Gasteiger partial charge in [-0.2, -0.15) is 0 Å². The van der Waals surface area contributed by atoms with Gasteiger partial charge in [-0.1, -0.05) is 18.2 Å². The number of ether oxygens (including phenoxy) is 1. The van der Waals surface area contributed by atoms with Crippen molar-refractivity contribution in [1.82, 2.24) is 0 Å². The number of benzene rings is 2. The lowest BCUT2D eigenvalue weighted by Crippen LogP contribution is -2.06. The number of hydrogen-bond acceptors (Lipinski definition) is 3. The molecule has 2 rings (SSSR count). The monoisotopic (exact) mass is 257 g/mol. The van der Waals surface area contributed by atoms with Crippen LogP contribution in [0.3, 0.4) is 0 Å². The molecule has 0 saturated carbocycles. The Balaban J connectivity index is 2.48. The number of para-hydroxylation sites is 1. The molecular weight excluding hydrogens is 238 g/mol. The van der Waals surface area contributed by atoms with Gasteiger partial charge in [-0.05, 0) is 48.7 Å². The zero-order chi connectivity index (χ0) is 14.0. The highest BCUT2D eigenvalue weighted by atomic mass is 16.5. The maximum absolute atomic E-state index is 10.5. The van der Waals surface area contributed by atoms with E-state index in [4.69, 9.17) is 10.5 Å². The molecule has 0 saturated heterocycles. The summed E-state index contributed by atoms with van der Waals surface area (Å²) in [5.41, 5.74) is 10.1. The van der Waals surface area contributed by atoms with Gasteiger partial charge < -0.3 is 15.6 Å². The Bertz CT molecular complexity index is 593. The van der Waals surface area contributed by atoms with Gasteiger partial charge >= 0.3 is 0 Å². The first-order valence-electron chi connectivity index (χ1n) is 6.22. The SMILES string of the molecule is COc1cc(C)c(C(O)c2ccccc2N)cc1C. The maximum atomic E-state index is 10.5. The average molecular weight is 257 g/mol. The second-order valence-electron chi connectivity index (χ2n) is 4.71. The number of hydrogen-bond donors (Lipinski definition) is 2. The van der Waals surface area contributed by atoms with Crippen molar-refractivity contribution >= 4 is 5.69 Å². The second kappa shape index (κ2) is 5.33. The fraction of sp³-hybridized carbons (Fsp3) is 0.250. The fourth-order valence-corrected chi connectivity index (χ4v) is 2.25. The van der Waals surface area contributed by atoms with Gasteiger partial charge in [0.05, 0.1) is 7.11 Å². The highest BCUT2D eigenvalue weighted by Crippen LogP contribution is 2.32. The van der Waals surface area contributed by atoms with E-state index in [0.717, 1.165) is 28.0 Å². The number of anilines is 1. The summed E-state index contributed by atoms with van der Waals surface area (Å²) in [6.45, 7) is 3.92. The van der Waals surface area contributed by atoms with E-state index in [1.807, 2.05) is 44.2 Å². The van der Waals surface area contributed by atoms with Crippen molar-refractivity contribution in [2.75, 3.05) is 12.8 Å². The van der Waals surface area contributed by atoms with Gasteiger partial charge in [0.1, 0.15) is 11.9 Å². The first-order chi connectivity index (χ1) is 9.04. The van der Waals surface area contributed by atoms with Crippen molar-refractivity contribution in [3.8, 4) is 5.75 Å². The molecule has 2 aromatic carbocycles. The number of nitrogen functional groups attached to an aromatic ring is 1. The first-order valence-corrected chi connectivity index (χ1v) is 6.22. The standard InChI is InChI=1S/C16H19NO2/c1-10-9-15(19-3)11(2)8-13(10)16(18)12-6-4-5-7-14(12)17/h4-9,16,18H,17H2,1-3H3. The predicted octanol–water partition coefficient (Wildman–Crippen LogP) is 2.98. The van der Waals surface area contributed by atoms with E-state index in [1.54, 1.807) is 13.2 Å². The van der Waals surface area contributed by atoms with E-state index in [1.165, 1.54) is 0 Å². The van der Waals surface area contributed by atoms with Crippen LogP contribution in [0.1, 0.15) is 28.4 Å². The Kier molecular flexibility index (Phi) is 3.76. The second-order valence-corrected chi connectivity index (χ2v) is 4.71. The van der Waals surface area contributed by atoms with Crippen molar-refractivity contribution in [1.29, 1.82) is 0 Å². The third-order valence-electron chi connectivity index (χ3n) is 3.37. The zero-order valence-corrected chi connectivity index (χ0v) is 11.5. The molecule has 0 radical (unpaired) electrons. The molecule has 0 aromatic heterocycles. The van der Waals surface area contributed by atoms with E-state index in [-0.39, 0.29) is 0 Å². The quantitative estimate of drug-likeness (QED) is 0.831. The van der Waals surface area contributed by atoms with Crippen LogP contribution in [-0.2, 0) is 0 Å². The van der Waals surface area contributed by atoms with Crippen LogP contribution in [0.15, 0.2) is 36.4 Å². The lowest BCUT2D eigenvalue weighted by molar-refractivity contribution is 0.220. The molecule has 0 aliphatic rings. The van der Waals surface area contributed by atoms with Gasteiger partial charge in [-0.25, -0.2) is 0 Å². The lowest BCUT2D eigenvalue weighted by atomic mass is 9.94. The zero-order valence-electron chi connectivity index (χ0n) is 11.5. The summed E-state index contributed by atoms with van der Waals surface area (Å²) in [5, 5.41) is 10.5. The van der Waals surface area contributed by atoms with Crippen molar-refractivity contribution in [3.05, 3.63) is 58.7 Å². The summed E-state index contributed by atoms with van der Waals surface area (Å²) in [6, 6.07) is 11.3. The van der Waals surface area contributed by atoms with Gasteiger partial charge in [-0.15, -0.1) is 0 Å². The Labute approximate surface area is 113 Å². The summed E-state index contributed by atoms with van der Waals surface area (Å²) < 4.78 is 5.28. The molecule has 0 amide bonds. The minimum Gasteiger partial charge on any atom is -0.496 e. The molecule has 19 heavy (non-hydrogen) atoms. The summed E-state index contributed by atoms with van der Waals surface area (Å²) in [5.74, 6) is 0.828. The molecule has 100 valence electrons. The van der Waals surface area contributed by atoms with Crippen LogP contribution in [0.25, 0.3) is 0 Å². The van der Waals surface area contributed by atoms with E-state index in [2.05, 4.69) is 0 Å². The number of aryl methyl sites for hydroxylation is 2. The van der Waals surface area contributed by atoms with Crippen molar-refractivity contribution in [2.45, 2.75) is 20.0 Å². The van der Waals surface area contributed by atoms with Gasteiger partial charge in [-0.3, -0.25) is 0 Å². The molecule has 0 bridgehead atoms. The number of rotatable bonds is 3. The Hall–Kier alpha value is -2.00. The van der Waals surface area contributed by atoms with E-state index in [9.17, 15) is 5.11 Å². The molecule has 0 spiro atoms. The topological polar surface area (TPSA) is 55.5 Å². The Morgan fingerprint density at radius 2 is 1.74 bits per heavy atom. The van der Waals surface area contributed by atoms with E-state index >= 15 is 0 Å². The molecule has 3 nitrogen and oxygen atoms in total. The fourth-order valence-electron chi connectivity index (χ4n) is 2.25. The van der Waals surface area contributed by atoms with E-state index in [0.29, 0.717) is 5.69 Å². The molecule has 3 N–H and O–H groups in total. The van der Waals surface area contributed by atoms with Crippen LogP contribution in [0, 0.1) is 13.8 Å². The number of aliphatic hydroxyl groups is 1. The van der Waals surface area contributed by atoms with Crippen LogP contribution < -0.4 is 10.5 Å². The summed E-state index contributed by atoms with van der Waals surface area (Å²) >= 11 is 0. The summed E-state index contributed by atoms with van der Waals surface area (Å²) in [7, 11) is 1.65. The summed E-state index contributed by atoms with van der Waals surface area (Å²) in [4.78, 5) is 0. The van der Waals surface area contributed by atoms with Gasteiger partial charge in [0.25, 0.3) is 0 Å². The molecule has 0 aliphatic heterocycles. The number of aliphatic hydroxyl groups excluding tert-OH is 1. The van der Waals surface area contributed by atoms with Gasteiger partial charge in [0, 0.05) is 11.3 Å².